The normalized spacial score (nSPS) is 17.7. The number of hydrogen-bond acceptors (Lipinski definition) is 5. The first-order chi connectivity index (χ1) is 7.16. The molecule has 15 heavy (non-hydrogen) atoms. The Morgan fingerprint density at radius 1 is 1.33 bits per heavy atom. The number of esters is 2. The van der Waals surface area contributed by atoms with E-state index in [0.29, 0.717) is 0 Å². The molecule has 78 valence electrons. The van der Waals surface area contributed by atoms with Crippen molar-refractivity contribution in [3.8, 4) is 0 Å². The van der Waals surface area contributed by atoms with Gasteiger partial charge in [0.2, 0.25) is 0 Å². The topological polar surface area (TPSA) is 69.2 Å². The van der Waals surface area contributed by atoms with Gasteiger partial charge in [0.25, 0.3) is 0 Å². The van der Waals surface area contributed by atoms with Gasteiger partial charge in [-0.3, -0.25) is 9.59 Å². The van der Waals surface area contributed by atoms with Crippen LogP contribution in [0.4, 0.5) is 0 Å². The second-order valence-electron chi connectivity index (χ2n) is 3.51. The molecule has 1 aromatic rings. The summed E-state index contributed by atoms with van der Waals surface area (Å²) in [4.78, 5) is 30.1. The van der Waals surface area contributed by atoms with Gasteiger partial charge in [-0.15, -0.1) is 0 Å². The molecule has 1 saturated heterocycles. The predicted octanol–water partition coefficient (Wildman–Crippen LogP) is 0.732. The number of rotatable bonds is 1. The van der Waals surface area contributed by atoms with Gasteiger partial charge >= 0.3 is 11.9 Å². The number of aromatic nitrogens is 2. The van der Waals surface area contributed by atoms with Gasteiger partial charge in [-0.1, -0.05) is 0 Å². The van der Waals surface area contributed by atoms with Crippen molar-refractivity contribution in [3.05, 3.63) is 23.8 Å². The first-order valence-corrected chi connectivity index (χ1v) is 4.67. The lowest BCUT2D eigenvalue weighted by atomic mass is 9.91. The number of cyclic esters (lactones) is 2. The Bertz CT molecular complexity index is 401. The molecule has 1 aliphatic rings. The van der Waals surface area contributed by atoms with Gasteiger partial charge in [0, 0.05) is 17.8 Å². The van der Waals surface area contributed by atoms with E-state index < -0.39 is 11.9 Å². The van der Waals surface area contributed by atoms with Gasteiger partial charge in [-0.2, -0.15) is 0 Å². The van der Waals surface area contributed by atoms with Crippen LogP contribution in [0, 0.1) is 6.92 Å². The molecule has 0 spiro atoms. The standard InChI is InChI=1S/C10H10N2O3/c1-6-8(4-11-5-12-6)7-2-9(13)15-10(14)3-7/h4-5,7H,2-3H2,1H3. The summed E-state index contributed by atoms with van der Waals surface area (Å²) in [5.74, 6) is -1.08. The maximum absolute atomic E-state index is 11.1. The Kier molecular flexibility index (Phi) is 2.45. The van der Waals surface area contributed by atoms with Gasteiger partial charge in [0.15, 0.2) is 0 Å². The van der Waals surface area contributed by atoms with Crippen LogP contribution >= 0.6 is 0 Å². The highest BCUT2D eigenvalue weighted by atomic mass is 16.6. The number of nitrogens with zero attached hydrogens (tertiary/aromatic N) is 2. The Morgan fingerprint density at radius 3 is 2.60 bits per heavy atom. The van der Waals surface area contributed by atoms with E-state index in [9.17, 15) is 9.59 Å². The van der Waals surface area contributed by atoms with Crippen molar-refractivity contribution in [2.24, 2.45) is 0 Å². The molecular weight excluding hydrogens is 196 g/mol. The van der Waals surface area contributed by atoms with Gasteiger partial charge in [-0.05, 0) is 12.5 Å². The molecule has 0 saturated carbocycles. The minimum absolute atomic E-state index is 0.139. The molecule has 5 nitrogen and oxygen atoms in total. The van der Waals surface area contributed by atoms with E-state index in [4.69, 9.17) is 0 Å². The average Bonchev–Trinajstić information content (AvgIpc) is 2.16. The van der Waals surface area contributed by atoms with Crippen molar-refractivity contribution in [2.75, 3.05) is 0 Å². The summed E-state index contributed by atoms with van der Waals surface area (Å²) in [7, 11) is 0. The highest BCUT2D eigenvalue weighted by molar-refractivity contribution is 5.89. The maximum atomic E-state index is 11.1. The van der Waals surface area contributed by atoms with Gasteiger partial charge < -0.3 is 4.74 Å². The van der Waals surface area contributed by atoms with E-state index in [1.807, 2.05) is 6.92 Å². The molecule has 2 heterocycles. The highest BCUT2D eigenvalue weighted by Crippen LogP contribution is 2.28. The molecular formula is C10H10N2O3. The zero-order valence-corrected chi connectivity index (χ0v) is 8.27. The van der Waals surface area contributed by atoms with E-state index in [-0.39, 0.29) is 18.8 Å². The lowest BCUT2D eigenvalue weighted by Crippen LogP contribution is -2.24. The Labute approximate surface area is 86.5 Å². The SMILES string of the molecule is Cc1ncncc1C1CC(=O)OC(=O)C1. The Morgan fingerprint density at radius 2 is 2.00 bits per heavy atom. The van der Waals surface area contributed by atoms with E-state index in [2.05, 4.69) is 14.7 Å². The molecule has 0 aromatic carbocycles. The van der Waals surface area contributed by atoms with E-state index >= 15 is 0 Å². The van der Waals surface area contributed by atoms with Crippen LogP contribution < -0.4 is 0 Å². The lowest BCUT2D eigenvalue weighted by molar-refractivity contribution is -0.163. The van der Waals surface area contributed by atoms with Crippen molar-refractivity contribution >= 4 is 11.9 Å². The third kappa shape index (κ3) is 2.01. The fraction of sp³-hybridized carbons (Fsp3) is 0.400. The molecule has 1 aromatic heterocycles. The lowest BCUT2D eigenvalue weighted by Gasteiger charge is -2.20. The smallest absolute Gasteiger partial charge is 0.314 e. The summed E-state index contributed by atoms with van der Waals surface area (Å²) in [6.07, 6.45) is 3.54. The van der Waals surface area contributed by atoms with Crippen molar-refractivity contribution in [1.82, 2.24) is 9.97 Å². The Balaban J connectivity index is 2.27. The minimum atomic E-state index is -0.473. The van der Waals surface area contributed by atoms with Crippen LogP contribution in [0.1, 0.15) is 30.0 Å². The number of hydrogen-bond donors (Lipinski definition) is 0. The third-order valence-corrected chi connectivity index (χ3v) is 2.44. The summed E-state index contributed by atoms with van der Waals surface area (Å²) in [6, 6.07) is 0. The van der Waals surface area contributed by atoms with Crippen LogP contribution in [-0.2, 0) is 14.3 Å². The number of carbonyl (C=O) groups is 2. The average molecular weight is 206 g/mol. The highest BCUT2D eigenvalue weighted by Gasteiger charge is 2.29. The fourth-order valence-electron chi connectivity index (χ4n) is 1.71. The second-order valence-corrected chi connectivity index (χ2v) is 3.51. The zero-order chi connectivity index (χ0) is 10.8. The van der Waals surface area contributed by atoms with Crippen LogP contribution in [-0.4, -0.2) is 21.9 Å². The molecule has 0 atom stereocenters. The quantitative estimate of drug-likeness (QED) is 0.500. The zero-order valence-electron chi connectivity index (χ0n) is 8.27. The third-order valence-electron chi connectivity index (χ3n) is 2.44. The van der Waals surface area contributed by atoms with Crippen molar-refractivity contribution in [3.63, 3.8) is 0 Å². The Hall–Kier alpha value is -1.78. The molecule has 2 rings (SSSR count). The first kappa shape index (κ1) is 9.76. The minimum Gasteiger partial charge on any atom is -0.393 e. The summed E-state index contributed by atoms with van der Waals surface area (Å²) in [5, 5.41) is 0. The maximum Gasteiger partial charge on any atom is 0.314 e. The predicted molar refractivity (Wildman–Crippen MR) is 49.8 cm³/mol. The van der Waals surface area contributed by atoms with Crippen LogP contribution in [0.5, 0.6) is 0 Å². The largest absolute Gasteiger partial charge is 0.393 e. The number of aryl methyl sites for hydroxylation is 1. The molecule has 0 N–H and O–H groups in total. The van der Waals surface area contributed by atoms with Crippen LogP contribution in [0.15, 0.2) is 12.5 Å². The summed E-state index contributed by atoms with van der Waals surface area (Å²) in [5.41, 5.74) is 1.65. The molecule has 0 radical (unpaired) electrons. The van der Waals surface area contributed by atoms with Crippen molar-refractivity contribution in [1.29, 1.82) is 0 Å². The molecule has 0 bridgehead atoms. The number of carbonyl (C=O) groups excluding carboxylic acids is 2. The van der Waals surface area contributed by atoms with Crippen molar-refractivity contribution < 1.29 is 14.3 Å². The molecule has 0 aliphatic carbocycles. The number of ether oxygens (including phenoxy) is 1. The first-order valence-electron chi connectivity index (χ1n) is 4.67. The van der Waals surface area contributed by atoms with Crippen LogP contribution in [0.25, 0.3) is 0 Å². The molecule has 0 unspecified atom stereocenters. The molecule has 1 aliphatic heterocycles. The summed E-state index contributed by atoms with van der Waals surface area (Å²) in [6.45, 7) is 1.83. The fourth-order valence-corrected chi connectivity index (χ4v) is 1.71. The molecule has 0 amide bonds. The van der Waals surface area contributed by atoms with E-state index in [0.717, 1.165) is 11.3 Å². The van der Waals surface area contributed by atoms with Crippen LogP contribution in [0.2, 0.25) is 0 Å². The van der Waals surface area contributed by atoms with Crippen molar-refractivity contribution in [2.45, 2.75) is 25.7 Å². The second kappa shape index (κ2) is 3.76. The van der Waals surface area contributed by atoms with Gasteiger partial charge in [0.1, 0.15) is 6.33 Å². The summed E-state index contributed by atoms with van der Waals surface area (Å²) < 4.78 is 4.46. The monoisotopic (exact) mass is 206 g/mol. The van der Waals surface area contributed by atoms with E-state index in [1.54, 1.807) is 6.20 Å². The van der Waals surface area contributed by atoms with E-state index in [1.165, 1.54) is 6.33 Å². The van der Waals surface area contributed by atoms with Crippen LogP contribution in [0.3, 0.4) is 0 Å². The summed E-state index contributed by atoms with van der Waals surface area (Å²) >= 11 is 0. The van der Waals surface area contributed by atoms with Gasteiger partial charge in [-0.25, -0.2) is 9.97 Å². The van der Waals surface area contributed by atoms with Gasteiger partial charge in [0.05, 0.1) is 12.8 Å². The molecule has 5 heteroatoms. The molecule has 1 fully saturated rings.